The summed E-state index contributed by atoms with van der Waals surface area (Å²) in [5.41, 5.74) is 0. The van der Waals surface area contributed by atoms with Crippen LogP contribution in [0, 0.1) is 0 Å². The first kappa shape index (κ1) is 17.6. The van der Waals surface area contributed by atoms with Crippen LogP contribution >= 0.6 is 0 Å². The molecule has 0 saturated heterocycles. The summed E-state index contributed by atoms with van der Waals surface area (Å²) >= 11 is 0. The highest BCUT2D eigenvalue weighted by Gasteiger charge is 2.20. The fourth-order valence-corrected chi connectivity index (χ4v) is 1.39. The number of hydrogen-bond donors (Lipinski definition) is 0. The van der Waals surface area contributed by atoms with Crippen molar-refractivity contribution < 1.29 is 32.7 Å². The molecule has 0 aliphatic heterocycles. The van der Waals surface area contributed by atoms with Crippen LogP contribution < -0.4 is 0 Å². The minimum atomic E-state index is -2.06. The fourth-order valence-electron chi connectivity index (χ4n) is 0.788. The van der Waals surface area contributed by atoms with Crippen molar-refractivity contribution >= 4 is 22.7 Å². The van der Waals surface area contributed by atoms with Gasteiger partial charge in [-0.2, -0.15) is 0 Å². The average molecular weight is 302 g/mol. The molecule has 0 N–H and O–H groups in total. The average Bonchev–Trinajstić information content (AvgIpc) is 2.43. The van der Waals surface area contributed by atoms with Crippen molar-refractivity contribution in [1.82, 2.24) is 0 Å². The van der Waals surface area contributed by atoms with E-state index in [1.165, 1.54) is 0 Å². The monoisotopic (exact) mass is 302 g/mol. The summed E-state index contributed by atoms with van der Waals surface area (Å²) in [6.07, 6.45) is 0. The Morgan fingerprint density at radius 3 is 1.35 bits per heavy atom. The molecular weight excluding hydrogens is 288 g/mol. The van der Waals surface area contributed by atoms with Gasteiger partial charge in [-0.1, -0.05) is 0 Å². The fraction of sp³-hybridized carbons (Fsp3) is 0.167. The van der Waals surface area contributed by atoms with Gasteiger partial charge in [0.2, 0.25) is 11.5 Å². The van der Waals surface area contributed by atoms with E-state index in [4.69, 9.17) is 9.47 Å². The molecule has 0 aromatic heterocycles. The third kappa shape index (κ3) is 5.11. The molecule has 7 nitrogen and oxygen atoms in total. The van der Waals surface area contributed by atoms with Crippen molar-refractivity contribution in [3.63, 3.8) is 0 Å². The zero-order valence-corrected chi connectivity index (χ0v) is 11.9. The number of hydrogen-bond acceptors (Lipinski definition) is 7. The van der Waals surface area contributed by atoms with Crippen LogP contribution in [0.25, 0.3) is 0 Å². The molecule has 0 fully saturated rings. The predicted molar refractivity (Wildman–Crippen MR) is 70.9 cm³/mol. The van der Waals surface area contributed by atoms with Crippen LogP contribution in [0.1, 0.15) is 0 Å². The molecule has 0 aliphatic carbocycles. The number of carbonyl (C=O) groups is 2. The summed E-state index contributed by atoms with van der Waals surface area (Å²) < 4.78 is 30.1. The third-order valence-electron chi connectivity index (χ3n) is 1.71. The van der Waals surface area contributed by atoms with Gasteiger partial charge in [0.05, 0.1) is 14.2 Å². The van der Waals surface area contributed by atoms with Crippen molar-refractivity contribution in [1.29, 1.82) is 0 Å². The molecular formula is C12H14O7S. The molecule has 110 valence electrons. The van der Waals surface area contributed by atoms with Gasteiger partial charge >= 0.3 is 11.9 Å². The summed E-state index contributed by atoms with van der Waals surface area (Å²) in [4.78, 5) is 22.1. The Morgan fingerprint density at radius 2 is 1.10 bits per heavy atom. The molecule has 0 heterocycles. The maximum atomic E-state index is 11.8. The molecule has 0 rings (SSSR count). The molecule has 0 radical (unpaired) electrons. The Hall–Kier alpha value is -2.35. The molecule has 0 aromatic carbocycles. The van der Waals surface area contributed by atoms with E-state index in [9.17, 15) is 13.8 Å². The highest BCUT2D eigenvalue weighted by Crippen LogP contribution is 2.17. The summed E-state index contributed by atoms with van der Waals surface area (Å²) in [5, 5.41) is -0.744. The topological polar surface area (TPSA) is 88.1 Å². The zero-order chi connectivity index (χ0) is 15.9. The van der Waals surface area contributed by atoms with Gasteiger partial charge in [0.1, 0.15) is 0 Å². The Morgan fingerprint density at radius 1 is 0.800 bits per heavy atom. The molecule has 0 aromatic rings. The van der Waals surface area contributed by atoms with E-state index in [0.717, 1.165) is 14.2 Å². The summed E-state index contributed by atoms with van der Waals surface area (Å²) in [6.45, 7) is 13.2. The van der Waals surface area contributed by atoms with Gasteiger partial charge in [-0.05, 0) is 26.3 Å². The van der Waals surface area contributed by atoms with Crippen molar-refractivity contribution in [2.45, 2.75) is 0 Å². The van der Waals surface area contributed by atoms with E-state index >= 15 is 0 Å². The maximum Gasteiger partial charge on any atom is 0.373 e. The lowest BCUT2D eigenvalue weighted by molar-refractivity contribution is -0.139. The maximum absolute atomic E-state index is 11.8. The molecule has 0 atom stereocenters. The molecule has 0 amide bonds. The van der Waals surface area contributed by atoms with E-state index in [2.05, 4.69) is 35.8 Å². The first-order chi connectivity index (χ1) is 9.24. The number of esters is 2. The minimum absolute atomic E-state index is 0.372. The van der Waals surface area contributed by atoms with Crippen molar-refractivity contribution in [3.8, 4) is 0 Å². The van der Waals surface area contributed by atoms with Crippen LogP contribution in [0.4, 0.5) is 0 Å². The quantitative estimate of drug-likeness (QED) is 0.376. The number of carbonyl (C=O) groups excluding carboxylic acids is 2. The van der Waals surface area contributed by atoms with E-state index in [1.807, 2.05) is 0 Å². The largest absolute Gasteiger partial charge is 0.463 e. The lowest BCUT2D eigenvalue weighted by atomic mass is 10.6. The van der Waals surface area contributed by atoms with Gasteiger partial charge in [-0.15, -0.1) is 0 Å². The van der Waals surface area contributed by atoms with Crippen molar-refractivity contribution in [2.24, 2.45) is 0 Å². The third-order valence-corrected chi connectivity index (χ3v) is 2.71. The predicted octanol–water partition coefficient (Wildman–Crippen LogP) is 1.08. The Bertz CT molecular complexity index is 460. The minimum Gasteiger partial charge on any atom is -0.463 e. The molecule has 0 spiro atoms. The highest BCUT2D eigenvalue weighted by atomic mass is 32.2. The second-order valence-electron chi connectivity index (χ2n) is 3.05. The smallest absolute Gasteiger partial charge is 0.373 e. The standard InChI is InChI=1S/C12H14O7S/c1-7(11(13)16-5)18-9(3)20(15)10(4)19-8(2)12(14)17-6/h1-4H2,5-6H3. The van der Waals surface area contributed by atoms with Crippen LogP contribution in [0.2, 0.25) is 0 Å². The van der Waals surface area contributed by atoms with Gasteiger partial charge in [0.15, 0.2) is 21.0 Å². The van der Waals surface area contributed by atoms with Crippen molar-refractivity contribution in [2.75, 3.05) is 14.2 Å². The zero-order valence-electron chi connectivity index (χ0n) is 11.1. The van der Waals surface area contributed by atoms with Crippen molar-refractivity contribution in [3.05, 3.63) is 48.0 Å². The van der Waals surface area contributed by atoms with Gasteiger partial charge in [-0.3, -0.25) is 0 Å². The van der Waals surface area contributed by atoms with Crippen LogP contribution in [0.15, 0.2) is 48.0 Å². The first-order valence-electron chi connectivity index (χ1n) is 4.94. The Balaban J connectivity index is 4.60. The summed E-state index contributed by atoms with van der Waals surface area (Å²) in [7, 11) is 0.190. The lowest BCUT2D eigenvalue weighted by Crippen LogP contribution is -2.12. The van der Waals surface area contributed by atoms with Crippen LogP contribution in [0.5, 0.6) is 0 Å². The van der Waals surface area contributed by atoms with Crippen LogP contribution in [0.3, 0.4) is 0 Å². The Labute approximate surface area is 118 Å². The highest BCUT2D eigenvalue weighted by molar-refractivity contribution is 7.92. The van der Waals surface area contributed by atoms with Gasteiger partial charge in [-0.25, -0.2) is 13.8 Å². The van der Waals surface area contributed by atoms with Gasteiger partial charge in [0.25, 0.3) is 0 Å². The van der Waals surface area contributed by atoms with E-state index in [-0.39, 0.29) is 10.2 Å². The molecule has 8 heteroatoms. The molecule has 0 bridgehead atoms. The number of ether oxygens (including phenoxy) is 4. The first-order valence-corrected chi connectivity index (χ1v) is 6.09. The second kappa shape index (κ2) is 7.95. The van der Waals surface area contributed by atoms with Crippen LogP contribution in [-0.4, -0.2) is 30.4 Å². The van der Waals surface area contributed by atoms with E-state index in [1.54, 1.807) is 0 Å². The van der Waals surface area contributed by atoms with Gasteiger partial charge in [0, 0.05) is 0 Å². The molecule has 0 saturated carbocycles. The lowest BCUT2D eigenvalue weighted by Gasteiger charge is -2.11. The summed E-state index contributed by atoms with van der Waals surface area (Å²) in [5.74, 6) is -2.53. The Kier molecular flexibility index (Phi) is 7.01. The number of methoxy groups -OCH3 is 2. The molecule has 0 aliphatic rings. The SMILES string of the molecule is C=C(OC(=C)S(=O)C(=C)OC(=C)C(=O)OC)C(=O)OC. The van der Waals surface area contributed by atoms with Gasteiger partial charge < -0.3 is 18.9 Å². The normalized spacial score (nSPS) is 9.35. The molecule has 0 unspecified atom stereocenters. The number of rotatable bonds is 8. The van der Waals surface area contributed by atoms with E-state index in [0.29, 0.717) is 0 Å². The van der Waals surface area contributed by atoms with E-state index < -0.39 is 34.3 Å². The summed E-state index contributed by atoms with van der Waals surface area (Å²) in [6, 6.07) is 0. The second-order valence-corrected chi connectivity index (χ2v) is 4.49. The molecule has 20 heavy (non-hydrogen) atoms. The van der Waals surface area contributed by atoms with Crippen LogP contribution in [-0.2, 0) is 39.3 Å².